The standard InChI is InChI=1S/C19H32N4O/c1-5-11-22(12-6-2)19-20-15(4)14-17(21-19)18(24)23-13-9-8-10-16(23)7-3/h14,16H,5-13H2,1-4H3. The van der Waals surface area contributed by atoms with Gasteiger partial charge in [0, 0.05) is 31.4 Å². The topological polar surface area (TPSA) is 49.3 Å². The molecule has 0 bridgehead atoms. The number of carbonyl (C=O) groups excluding carboxylic acids is 1. The number of hydrogen-bond donors (Lipinski definition) is 0. The Balaban J connectivity index is 2.27. The molecule has 1 aromatic rings. The zero-order chi connectivity index (χ0) is 17.5. The van der Waals surface area contributed by atoms with Crippen molar-refractivity contribution in [3.05, 3.63) is 17.5 Å². The van der Waals surface area contributed by atoms with E-state index in [2.05, 4.69) is 35.6 Å². The van der Waals surface area contributed by atoms with E-state index in [9.17, 15) is 4.79 Å². The number of aromatic nitrogens is 2. The minimum Gasteiger partial charge on any atom is -0.341 e. The van der Waals surface area contributed by atoms with Crippen LogP contribution >= 0.6 is 0 Å². The van der Waals surface area contributed by atoms with Gasteiger partial charge in [0.2, 0.25) is 5.95 Å². The average molecular weight is 332 g/mol. The average Bonchev–Trinajstić information content (AvgIpc) is 2.60. The van der Waals surface area contributed by atoms with E-state index in [1.165, 1.54) is 6.42 Å². The van der Waals surface area contributed by atoms with Gasteiger partial charge in [-0.25, -0.2) is 9.97 Å². The van der Waals surface area contributed by atoms with Crippen LogP contribution in [0.5, 0.6) is 0 Å². The summed E-state index contributed by atoms with van der Waals surface area (Å²) in [4.78, 5) is 26.5. The van der Waals surface area contributed by atoms with Crippen LogP contribution in [0.25, 0.3) is 0 Å². The fourth-order valence-electron chi connectivity index (χ4n) is 3.50. The number of likely N-dealkylation sites (tertiary alicyclic amines) is 1. The number of carbonyl (C=O) groups is 1. The van der Waals surface area contributed by atoms with Crippen LogP contribution < -0.4 is 4.90 Å². The first-order chi connectivity index (χ1) is 11.6. The molecule has 24 heavy (non-hydrogen) atoms. The first-order valence-electron chi connectivity index (χ1n) is 9.52. The van der Waals surface area contributed by atoms with E-state index in [0.717, 1.165) is 57.4 Å². The fourth-order valence-corrected chi connectivity index (χ4v) is 3.50. The molecule has 1 amide bonds. The largest absolute Gasteiger partial charge is 0.341 e. The van der Waals surface area contributed by atoms with Gasteiger partial charge in [-0.3, -0.25) is 4.79 Å². The Labute approximate surface area is 146 Å². The first-order valence-corrected chi connectivity index (χ1v) is 9.52. The zero-order valence-corrected chi connectivity index (χ0v) is 15.7. The summed E-state index contributed by atoms with van der Waals surface area (Å²) in [7, 11) is 0. The van der Waals surface area contributed by atoms with E-state index < -0.39 is 0 Å². The van der Waals surface area contributed by atoms with E-state index in [0.29, 0.717) is 17.7 Å². The Morgan fingerprint density at radius 1 is 1.21 bits per heavy atom. The number of piperidine rings is 1. The summed E-state index contributed by atoms with van der Waals surface area (Å²) in [5, 5.41) is 0. The van der Waals surface area contributed by atoms with Crippen LogP contribution in [0.2, 0.25) is 0 Å². The van der Waals surface area contributed by atoms with Gasteiger partial charge >= 0.3 is 0 Å². The molecule has 1 atom stereocenters. The maximum absolute atomic E-state index is 13.0. The van der Waals surface area contributed by atoms with Gasteiger partial charge in [0.1, 0.15) is 5.69 Å². The van der Waals surface area contributed by atoms with Crippen molar-refractivity contribution < 1.29 is 4.79 Å². The summed E-state index contributed by atoms with van der Waals surface area (Å²) >= 11 is 0. The van der Waals surface area contributed by atoms with Crippen molar-refractivity contribution in [3.8, 4) is 0 Å². The van der Waals surface area contributed by atoms with Crippen molar-refractivity contribution in [3.63, 3.8) is 0 Å². The second-order valence-corrected chi connectivity index (χ2v) is 6.74. The molecule has 1 saturated heterocycles. The number of amides is 1. The number of rotatable bonds is 7. The molecule has 0 aliphatic carbocycles. The third kappa shape index (κ3) is 4.46. The minimum absolute atomic E-state index is 0.0706. The summed E-state index contributed by atoms with van der Waals surface area (Å²) in [5.41, 5.74) is 1.42. The Morgan fingerprint density at radius 2 is 1.92 bits per heavy atom. The second kappa shape index (κ2) is 9.00. The van der Waals surface area contributed by atoms with Gasteiger partial charge in [-0.15, -0.1) is 0 Å². The molecule has 0 saturated carbocycles. The van der Waals surface area contributed by atoms with Crippen LogP contribution in [0.3, 0.4) is 0 Å². The van der Waals surface area contributed by atoms with Crippen molar-refractivity contribution in [2.75, 3.05) is 24.5 Å². The number of aryl methyl sites for hydroxylation is 1. The molecule has 1 unspecified atom stereocenters. The minimum atomic E-state index is 0.0706. The maximum atomic E-state index is 13.0. The summed E-state index contributed by atoms with van der Waals surface area (Å²) in [6.45, 7) is 11.1. The molecule has 5 heteroatoms. The van der Waals surface area contributed by atoms with Crippen LogP contribution in [0, 0.1) is 6.92 Å². The lowest BCUT2D eigenvalue weighted by Gasteiger charge is -2.35. The van der Waals surface area contributed by atoms with Gasteiger partial charge in [0.05, 0.1) is 0 Å². The van der Waals surface area contributed by atoms with Crippen molar-refractivity contribution in [1.29, 1.82) is 0 Å². The molecule has 1 fully saturated rings. The van der Waals surface area contributed by atoms with Gasteiger partial charge in [-0.1, -0.05) is 20.8 Å². The molecular weight excluding hydrogens is 300 g/mol. The van der Waals surface area contributed by atoms with Gasteiger partial charge in [0.15, 0.2) is 0 Å². The molecule has 0 radical (unpaired) electrons. The zero-order valence-electron chi connectivity index (χ0n) is 15.7. The maximum Gasteiger partial charge on any atom is 0.272 e. The normalized spacial score (nSPS) is 17.8. The van der Waals surface area contributed by atoms with Crippen molar-refractivity contribution >= 4 is 11.9 Å². The molecule has 0 aromatic carbocycles. The highest BCUT2D eigenvalue weighted by molar-refractivity contribution is 5.93. The van der Waals surface area contributed by atoms with Crippen molar-refractivity contribution in [2.24, 2.45) is 0 Å². The van der Waals surface area contributed by atoms with Gasteiger partial charge in [0.25, 0.3) is 5.91 Å². The third-order valence-electron chi connectivity index (χ3n) is 4.69. The molecule has 5 nitrogen and oxygen atoms in total. The number of nitrogens with zero attached hydrogens (tertiary/aromatic N) is 4. The second-order valence-electron chi connectivity index (χ2n) is 6.74. The Morgan fingerprint density at radius 3 is 2.54 bits per heavy atom. The van der Waals surface area contributed by atoms with E-state index in [1.54, 1.807) is 0 Å². The molecule has 1 aromatic heterocycles. The van der Waals surface area contributed by atoms with E-state index >= 15 is 0 Å². The highest BCUT2D eigenvalue weighted by Gasteiger charge is 2.27. The first kappa shape index (κ1) is 18.7. The van der Waals surface area contributed by atoms with Gasteiger partial charge in [-0.05, 0) is 51.5 Å². The fraction of sp³-hybridized carbons (Fsp3) is 0.737. The summed E-state index contributed by atoms with van der Waals surface area (Å²) in [6.07, 6.45) is 6.53. The lowest BCUT2D eigenvalue weighted by Crippen LogP contribution is -2.43. The molecule has 134 valence electrons. The van der Waals surface area contributed by atoms with Crippen LogP contribution in [0.4, 0.5) is 5.95 Å². The van der Waals surface area contributed by atoms with Gasteiger partial charge < -0.3 is 9.80 Å². The lowest BCUT2D eigenvalue weighted by molar-refractivity contribution is 0.0601. The van der Waals surface area contributed by atoms with E-state index in [4.69, 9.17) is 0 Å². The quantitative estimate of drug-likeness (QED) is 0.762. The molecule has 1 aliphatic heterocycles. The van der Waals surface area contributed by atoms with Crippen LogP contribution in [0.15, 0.2) is 6.07 Å². The SMILES string of the molecule is CCCN(CCC)c1nc(C)cc(C(=O)N2CCCCC2CC)n1. The van der Waals surface area contributed by atoms with Crippen LogP contribution in [-0.4, -0.2) is 46.5 Å². The summed E-state index contributed by atoms with van der Waals surface area (Å²) in [5.74, 6) is 0.772. The Kier molecular flexibility index (Phi) is 7.00. The molecule has 2 heterocycles. The van der Waals surface area contributed by atoms with Gasteiger partial charge in [-0.2, -0.15) is 0 Å². The highest BCUT2D eigenvalue weighted by Crippen LogP contribution is 2.22. The molecule has 0 spiro atoms. The highest BCUT2D eigenvalue weighted by atomic mass is 16.2. The number of hydrogen-bond acceptors (Lipinski definition) is 4. The Bertz CT molecular complexity index is 540. The molecule has 2 rings (SSSR count). The monoisotopic (exact) mass is 332 g/mol. The van der Waals surface area contributed by atoms with Crippen molar-refractivity contribution in [1.82, 2.24) is 14.9 Å². The summed E-state index contributed by atoms with van der Waals surface area (Å²) < 4.78 is 0. The van der Waals surface area contributed by atoms with Crippen molar-refractivity contribution in [2.45, 2.75) is 72.3 Å². The van der Waals surface area contributed by atoms with E-state index in [-0.39, 0.29) is 5.91 Å². The van der Waals surface area contributed by atoms with E-state index in [1.807, 2.05) is 17.9 Å². The molecule has 0 N–H and O–H groups in total. The summed E-state index contributed by atoms with van der Waals surface area (Å²) in [6, 6.07) is 2.19. The Hall–Kier alpha value is -1.65. The third-order valence-corrected chi connectivity index (χ3v) is 4.69. The number of anilines is 1. The predicted octanol–water partition coefficient (Wildman–Crippen LogP) is 3.82. The molecular formula is C19H32N4O. The predicted molar refractivity (Wildman–Crippen MR) is 98.5 cm³/mol. The molecule has 1 aliphatic rings. The van der Waals surface area contributed by atoms with Crippen LogP contribution in [0.1, 0.15) is 75.5 Å². The smallest absolute Gasteiger partial charge is 0.272 e. The van der Waals surface area contributed by atoms with Crippen LogP contribution in [-0.2, 0) is 0 Å². The lowest BCUT2D eigenvalue weighted by atomic mass is 9.99.